The molecule has 0 radical (unpaired) electrons. The molecule has 1 aromatic heterocycles. The number of hydrogen-bond acceptors (Lipinski definition) is 3. The third-order valence-corrected chi connectivity index (χ3v) is 2.78. The molecule has 2 rings (SSSR count). The third-order valence-electron chi connectivity index (χ3n) is 1.75. The van der Waals surface area contributed by atoms with Gasteiger partial charge in [0, 0.05) is 10.6 Å². The van der Waals surface area contributed by atoms with Crippen molar-refractivity contribution in [3.63, 3.8) is 0 Å². The highest BCUT2D eigenvalue weighted by atomic mass is 79.9. The summed E-state index contributed by atoms with van der Waals surface area (Å²) in [5, 5.41) is 5.40. The van der Waals surface area contributed by atoms with E-state index >= 15 is 0 Å². The Morgan fingerprint density at radius 2 is 2.13 bits per heavy atom. The summed E-state index contributed by atoms with van der Waals surface area (Å²) in [5.41, 5.74) is 0.706. The Balaban J connectivity index is 2.44. The van der Waals surface area contributed by atoms with Crippen molar-refractivity contribution < 1.29 is 4.52 Å². The molecule has 0 aliphatic rings. The van der Waals surface area contributed by atoms with Crippen molar-refractivity contribution >= 4 is 39.1 Å². The van der Waals surface area contributed by atoms with Crippen LogP contribution in [0.15, 0.2) is 22.7 Å². The molecule has 0 aliphatic carbocycles. The van der Waals surface area contributed by atoms with Crippen LogP contribution in [0.4, 0.5) is 0 Å². The molecule has 0 spiro atoms. The van der Waals surface area contributed by atoms with Crippen molar-refractivity contribution in [3.8, 4) is 11.4 Å². The summed E-state index contributed by atoms with van der Waals surface area (Å²) in [5.74, 6) is 0.974. The van der Waals surface area contributed by atoms with Gasteiger partial charge in [-0.1, -0.05) is 44.3 Å². The lowest BCUT2D eigenvalue weighted by Gasteiger charge is -1.98. The highest BCUT2D eigenvalue weighted by molar-refractivity contribution is 9.08. The average molecular weight is 308 g/mol. The second-order valence-corrected chi connectivity index (χ2v) is 4.17. The van der Waals surface area contributed by atoms with Gasteiger partial charge >= 0.3 is 0 Å². The molecule has 0 saturated carbocycles. The minimum absolute atomic E-state index is 0.464. The highest BCUT2D eigenvalue weighted by Crippen LogP contribution is 2.28. The lowest BCUT2D eigenvalue weighted by molar-refractivity contribution is 0.392. The maximum absolute atomic E-state index is 6.00. The number of benzene rings is 1. The molecule has 3 nitrogen and oxygen atoms in total. The Hall–Kier alpha value is -0.580. The van der Waals surface area contributed by atoms with Crippen molar-refractivity contribution in [2.75, 3.05) is 0 Å². The average Bonchev–Trinajstić information content (AvgIpc) is 2.66. The van der Waals surface area contributed by atoms with Crippen molar-refractivity contribution in [2.24, 2.45) is 0 Å². The number of nitrogens with zero attached hydrogens (tertiary/aromatic N) is 2. The maximum atomic E-state index is 6.00. The fraction of sp³-hybridized carbons (Fsp3) is 0.111. The van der Waals surface area contributed by atoms with Gasteiger partial charge in [0.05, 0.1) is 10.4 Å². The first-order chi connectivity index (χ1) is 7.20. The lowest BCUT2D eigenvalue weighted by atomic mass is 10.2. The van der Waals surface area contributed by atoms with Gasteiger partial charge in [0.15, 0.2) is 0 Å². The molecule has 2 aromatic rings. The van der Waals surface area contributed by atoms with Crippen LogP contribution in [0, 0.1) is 0 Å². The van der Waals surface area contributed by atoms with Crippen LogP contribution in [0.2, 0.25) is 10.0 Å². The second kappa shape index (κ2) is 4.51. The van der Waals surface area contributed by atoms with Gasteiger partial charge in [-0.2, -0.15) is 4.98 Å². The smallest absolute Gasteiger partial charge is 0.237 e. The lowest BCUT2D eigenvalue weighted by Crippen LogP contribution is -1.83. The van der Waals surface area contributed by atoms with Crippen LogP contribution >= 0.6 is 39.1 Å². The minimum Gasteiger partial charge on any atom is -0.338 e. The number of halogens is 3. The zero-order valence-electron chi connectivity index (χ0n) is 7.38. The van der Waals surface area contributed by atoms with E-state index in [1.807, 2.05) is 0 Å². The van der Waals surface area contributed by atoms with E-state index in [2.05, 4.69) is 26.1 Å². The number of aromatic nitrogens is 2. The van der Waals surface area contributed by atoms with Crippen LogP contribution < -0.4 is 0 Å². The van der Waals surface area contributed by atoms with Gasteiger partial charge in [-0.05, 0) is 18.2 Å². The van der Waals surface area contributed by atoms with Gasteiger partial charge in [0.2, 0.25) is 11.7 Å². The van der Waals surface area contributed by atoms with Gasteiger partial charge in [-0.15, -0.1) is 0 Å². The molecular weight excluding hydrogens is 303 g/mol. The topological polar surface area (TPSA) is 38.9 Å². The third kappa shape index (κ3) is 2.33. The van der Waals surface area contributed by atoms with Crippen molar-refractivity contribution in [2.45, 2.75) is 5.33 Å². The van der Waals surface area contributed by atoms with E-state index in [1.165, 1.54) is 0 Å². The van der Waals surface area contributed by atoms with Crippen molar-refractivity contribution in [1.82, 2.24) is 10.1 Å². The quantitative estimate of drug-likeness (QED) is 0.789. The van der Waals surface area contributed by atoms with Crippen LogP contribution in [0.25, 0.3) is 11.4 Å². The number of hydrogen-bond donors (Lipinski definition) is 0. The summed E-state index contributed by atoms with van der Waals surface area (Å²) in [6.45, 7) is 0. The van der Waals surface area contributed by atoms with E-state index in [0.717, 1.165) is 0 Å². The predicted molar refractivity (Wildman–Crippen MR) is 62.4 cm³/mol. The normalized spacial score (nSPS) is 10.6. The van der Waals surface area contributed by atoms with Gasteiger partial charge in [-0.25, -0.2) is 0 Å². The monoisotopic (exact) mass is 306 g/mol. The molecular formula is C9H5BrCl2N2O. The van der Waals surface area contributed by atoms with Gasteiger partial charge in [0.1, 0.15) is 0 Å². The Kier molecular flexibility index (Phi) is 3.29. The van der Waals surface area contributed by atoms with Crippen LogP contribution in [-0.4, -0.2) is 10.1 Å². The van der Waals surface area contributed by atoms with E-state index in [4.69, 9.17) is 27.7 Å². The summed E-state index contributed by atoms with van der Waals surface area (Å²) >= 11 is 15.0. The van der Waals surface area contributed by atoms with E-state index in [-0.39, 0.29) is 0 Å². The van der Waals surface area contributed by atoms with Crippen LogP contribution in [0.5, 0.6) is 0 Å². The maximum Gasteiger partial charge on any atom is 0.237 e. The SMILES string of the molecule is Clc1ccc(-c2noc(CBr)n2)c(Cl)c1. The fourth-order valence-electron chi connectivity index (χ4n) is 1.09. The first-order valence-electron chi connectivity index (χ1n) is 4.04. The second-order valence-electron chi connectivity index (χ2n) is 2.77. The molecule has 0 bridgehead atoms. The summed E-state index contributed by atoms with van der Waals surface area (Å²) in [7, 11) is 0. The zero-order chi connectivity index (χ0) is 10.8. The van der Waals surface area contributed by atoms with Crippen LogP contribution in [-0.2, 0) is 5.33 Å². The highest BCUT2D eigenvalue weighted by Gasteiger charge is 2.11. The fourth-order valence-corrected chi connectivity index (χ4v) is 1.81. The molecule has 78 valence electrons. The number of rotatable bonds is 2. The van der Waals surface area contributed by atoms with E-state index < -0.39 is 0 Å². The van der Waals surface area contributed by atoms with Crippen LogP contribution in [0.1, 0.15) is 5.89 Å². The molecule has 0 aliphatic heterocycles. The Labute approximate surface area is 105 Å². The zero-order valence-corrected chi connectivity index (χ0v) is 10.5. The molecule has 0 N–H and O–H groups in total. The summed E-state index contributed by atoms with van der Waals surface area (Å²) in [6.07, 6.45) is 0. The van der Waals surface area contributed by atoms with Crippen molar-refractivity contribution in [3.05, 3.63) is 34.1 Å². The molecule has 0 amide bonds. The van der Waals surface area contributed by atoms with Gasteiger partial charge in [-0.3, -0.25) is 0 Å². The van der Waals surface area contributed by atoms with Gasteiger partial charge in [0.25, 0.3) is 0 Å². The molecule has 0 atom stereocenters. The van der Waals surface area contributed by atoms with E-state index in [9.17, 15) is 0 Å². The molecule has 0 saturated heterocycles. The minimum atomic E-state index is 0.464. The van der Waals surface area contributed by atoms with Gasteiger partial charge < -0.3 is 4.52 Å². The first-order valence-corrected chi connectivity index (χ1v) is 5.92. The Bertz CT molecular complexity index is 487. The standard InChI is InChI=1S/C9H5BrCl2N2O/c10-4-8-13-9(14-15-8)6-2-1-5(11)3-7(6)12/h1-3H,4H2. The Morgan fingerprint density at radius 1 is 1.33 bits per heavy atom. The van der Waals surface area contributed by atoms with E-state index in [0.29, 0.717) is 32.7 Å². The van der Waals surface area contributed by atoms with Crippen LogP contribution in [0.3, 0.4) is 0 Å². The molecule has 1 aromatic carbocycles. The number of alkyl halides is 1. The van der Waals surface area contributed by atoms with Crippen molar-refractivity contribution in [1.29, 1.82) is 0 Å². The molecule has 0 fully saturated rings. The molecule has 0 unspecified atom stereocenters. The summed E-state index contributed by atoms with van der Waals surface area (Å²) < 4.78 is 4.95. The molecule has 6 heteroatoms. The molecule has 1 heterocycles. The summed E-state index contributed by atoms with van der Waals surface area (Å²) in [4.78, 5) is 4.14. The predicted octanol–water partition coefficient (Wildman–Crippen LogP) is 3.94. The Morgan fingerprint density at radius 3 is 2.73 bits per heavy atom. The van der Waals surface area contributed by atoms with E-state index in [1.54, 1.807) is 18.2 Å². The largest absolute Gasteiger partial charge is 0.338 e. The molecule has 15 heavy (non-hydrogen) atoms. The summed E-state index contributed by atoms with van der Waals surface area (Å²) in [6, 6.07) is 5.13. The first kappa shape index (κ1) is 10.9.